The van der Waals surface area contributed by atoms with Gasteiger partial charge in [0, 0.05) is 24.6 Å². The monoisotopic (exact) mass is 328 g/mol. The fourth-order valence-corrected chi connectivity index (χ4v) is 3.32. The Bertz CT molecular complexity index is 831. The van der Waals surface area contributed by atoms with Crippen molar-refractivity contribution < 1.29 is 18.7 Å². The van der Waals surface area contributed by atoms with Crippen molar-refractivity contribution in [2.24, 2.45) is 0 Å². The average Bonchev–Trinajstić information content (AvgIpc) is 2.53. The van der Waals surface area contributed by atoms with Crippen LogP contribution in [-0.2, 0) is 15.9 Å². The molecule has 1 fully saturated rings. The van der Waals surface area contributed by atoms with Gasteiger partial charge in [0.1, 0.15) is 23.3 Å². The lowest BCUT2D eigenvalue weighted by molar-refractivity contribution is -0.139. The van der Waals surface area contributed by atoms with E-state index in [-0.39, 0.29) is 30.2 Å². The number of hydrogen-bond donors (Lipinski definition) is 0. The van der Waals surface area contributed by atoms with E-state index in [4.69, 9.17) is 9.47 Å². The van der Waals surface area contributed by atoms with Crippen molar-refractivity contribution in [2.45, 2.75) is 38.9 Å². The molecule has 1 aliphatic carbocycles. The molecule has 2 aromatic rings. The van der Waals surface area contributed by atoms with Gasteiger partial charge in [-0.25, -0.2) is 14.2 Å². The fourth-order valence-electron chi connectivity index (χ4n) is 3.32. The number of esters is 1. The lowest BCUT2D eigenvalue weighted by atomic mass is 9.82. The van der Waals surface area contributed by atoms with Crippen LogP contribution in [0, 0.1) is 12.7 Å². The number of rotatable bonds is 3. The Morgan fingerprint density at radius 2 is 2.25 bits per heavy atom. The Labute approximate surface area is 138 Å². The summed E-state index contributed by atoms with van der Waals surface area (Å²) >= 11 is 0. The second kappa shape index (κ2) is 5.63. The second-order valence-electron chi connectivity index (χ2n) is 6.17. The zero-order valence-corrected chi connectivity index (χ0v) is 13.5. The molecule has 1 saturated heterocycles. The molecular weight excluding hydrogens is 311 g/mol. The molecule has 4 heterocycles. The standard InChI is InChI=1S/C18H17FN2O3/c1-3-23-18(22)14-7-12(16-13(19)4-9(2)8-20-16)11-5-10-6-15(24-10)17(11)21-14/h4,7-8,10,15H,3,5-6H2,1-2H3/t10-,15-/m0/s1. The minimum absolute atomic E-state index is 0.125. The fraction of sp³-hybridized carbons (Fsp3) is 0.389. The first-order valence-corrected chi connectivity index (χ1v) is 8.05. The highest BCUT2D eigenvalue weighted by Gasteiger charge is 2.41. The van der Waals surface area contributed by atoms with Gasteiger partial charge in [-0.15, -0.1) is 0 Å². The van der Waals surface area contributed by atoms with Crippen LogP contribution in [0.2, 0.25) is 0 Å². The van der Waals surface area contributed by atoms with Crippen molar-refractivity contribution in [1.29, 1.82) is 0 Å². The highest BCUT2D eigenvalue weighted by atomic mass is 19.1. The lowest BCUT2D eigenvalue weighted by Gasteiger charge is -2.42. The Morgan fingerprint density at radius 3 is 2.96 bits per heavy atom. The third-order valence-electron chi connectivity index (χ3n) is 4.44. The number of carbonyl (C=O) groups excluding carboxylic acids is 1. The van der Waals surface area contributed by atoms with Crippen molar-refractivity contribution in [3.63, 3.8) is 0 Å². The van der Waals surface area contributed by atoms with E-state index < -0.39 is 11.8 Å². The van der Waals surface area contributed by atoms with Crippen LogP contribution in [0.5, 0.6) is 0 Å². The zero-order chi connectivity index (χ0) is 16.8. The van der Waals surface area contributed by atoms with Crippen LogP contribution in [0.3, 0.4) is 0 Å². The molecule has 2 atom stereocenters. The van der Waals surface area contributed by atoms with Crippen molar-refractivity contribution in [3.8, 4) is 11.3 Å². The molecule has 124 valence electrons. The molecule has 0 amide bonds. The highest BCUT2D eigenvalue weighted by Crippen LogP contribution is 2.46. The predicted molar refractivity (Wildman–Crippen MR) is 84.1 cm³/mol. The van der Waals surface area contributed by atoms with Crippen molar-refractivity contribution in [1.82, 2.24) is 9.97 Å². The molecule has 0 radical (unpaired) electrons. The van der Waals surface area contributed by atoms with Gasteiger partial charge in [0.25, 0.3) is 0 Å². The number of carbonyl (C=O) groups is 1. The van der Waals surface area contributed by atoms with Crippen LogP contribution in [0.4, 0.5) is 4.39 Å². The van der Waals surface area contributed by atoms with E-state index in [0.717, 1.165) is 17.5 Å². The summed E-state index contributed by atoms with van der Waals surface area (Å²) in [6.07, 6.45) is 3.18. The van der Waals surface area contributed by atoms with Crippen LogP contribution >= 0.6 is 0 Å². The molecule has 2 aliphatic heterocycles. The molecule has 0 spiro atoms. The summed E-state index contributed by atoms with van der Waals surface area (Å²) in [5, 5.41) is 0. The zero-order valence-electron chi connectivity index (χ0n) is 13.5. The maximum absolute atomic E-state index is 14.5. The second-order valence-corrected chi connectivity index (χ2v) is 6.17. The van der Waals surface area contributed by atoms with Gasteiger partial charge in [0.2, 0.25) is 0 Å². The first-order valence-electron chi connectivity index (χ1n) is 8.05. The largest absolute Gasteiger partial charge is 0.461 e. The number of halogens is 1. The van der Waals surface area contributed by atoms with E-state index in [1.54, 1.807) is 26.1 Å². The van der Waals surface area contributed by atoms with Crippen LogP contribution in [0.15, 0.2) is 18.3 Å². The summed E-state index contributed by atoms with van der Waals surface area (Å²) in [6.45, 7) is 3.78. The number of nitrogens with zero attached hydrogens (tertiary/aromatic N) is 2. The summed E-state index contributed by atoms with van der Waals surface area (Å²) in [6, 6.07) is 3.03. The van der Waals surface area contributed by atoms with Crippen LogP contribution in [0.1, 0.15) is 46.8 Å². The summed E-state index contributed by atoms with van der Waals surface area (Å²) in [5.41, 5.74) is 3.40. The van der Waals surface area contributed by atoms with E-state index in [9.17, 15) is 9.18 Å². The third kappa shape index (κ3) is 2.38. The lowest BCUT2D eigenvalue weighted by Crippen LogP contribution is -2.39. The molecule has 24 heavy (non-hydrogen) atoms. The molecule has 5 rings (SSSR count). The average molecular weight is 328 g/mol. The Balaban J connectivity index is 1.90. The molecular formula is C18H17FN2O3. The molecule has 0 N–H and O–H groups in total. The Kier molecular flexibility index (Phi) is 3.57. The van der Waals surface area contributed by atoms with Gasteiger partial charge < -0.3 is 9.47 Å². The van der Waals surface area contributed by atoms with Gasteiger partial charge >= 0.3 is 5.97 Å². The normalized spacial score (nSPS) is 21.0. The number of hydrogen-bond acceptors (Lipinski definition) is 5. The number of aryl methyl sites for hydroxylation is 1. The number of aromatic nitrogens is 2. The van der Waals surface area contributed by atoms with Gasteiger partial charge in [0.15, 0.2) is 0 Å². The molecule has 5 nitrogen and oxygen atoms in total. The number of pyridine rings is 2. The quantitative estimate of drug-likeness (QED) is 0.810. The summed E-state index contributed by atoms with van der Waals surface area (Å²) < 4.78 is 25.2. The van der Waals surface area contributed by atoms with Crippen molar-refractivity contribution in [2.75, 3.05) is 6.61 Å². The Morgan fingerprint density at radius 1 is 1.46 bits per heavy atom. The summed E-state index contributed by atoms with van der Waals surface area (Å²) in [7, 11) is 0. The van der Waals surface area contributed by atoms with Gasteiger partial charge in [-0.2, -0.15) is 0 Å². The van der Waals surface area contributed by atoms with Gasteiger partial charge in [-0.3, -0.25) is 4.98 Å². The van der Waals surface area contributed by atoms with Gasteiger partial charge in [-0.1, -0.05) is 0 Å². The predicted octanol–water partition coefficient (Wildman–Crippen LogP) is 3.15. The maximum atomic E-state index is 14.5. The summed E-state index contributed by atoms with van der Waals surface area (Å²) in [4.78, 5) is 20.8. The molecule has 0 saturated carbocycles. The molecule has 6 heteroatoms. The van der Waals surface area contributed by atoms with E-state index in [1.807, 2.05) is 0 Å². The van der Waals surface area contributed by atoms with E-state index >= 15 is 0 Å². The highest BCUT2D eigenvalue weighted by molar-refractivity contribution is 5.89. The first-order chi connectivity index (χ1) is 11.6. The van der Waals surface area contributed by atoms with Crippen molar-refractivity contribution >= 4 is 5.97 Å². The Hall–Kier alpha value is -2.34. The first kappa shape index (κ1) is 15.2. The minimum atomic E-state index is -0.518. The van der Waals surface area contributed by atoms with E-state index in [2.05, 4.69) is 9.97 Å². The topological polar surface area (TPSA) is 61.3 Å². The SMILES string of the molecule is CCOC(=O)c1cc(-c2ncc(C)cc2F)c2c(n1)[C@@H]1C[C@H](C2)O1. The maximum Gasteiger partial charge on any atom is 0.356 e. The van der Waals surface area contributed by atoms with Crippen LogP contribution < -0.4 is 0 Å². The molecule has 2 bridgehead atoms. The molecule has 0 unspecified atom stereocenters. The van der Waals surface area contributed by atoms with Gasteiger partial charge in [0.05, 0.1) is 18.4 Å². The minimum Gasteiger partial charge on any atom is -0.461 e. The number of ether oxygens (including phenoxy) is 2. The van der Waals surface area contributed by atoms with Crippen LogP contribution in [-0.4, -0.2) is 28.6 Å². The van der Waals surface area contributed by atoms with Gasteiger partial charge in [-0.05, 0) is 37.1 Å². The van der Waals surface area contributed by atoms with Crippen molar-refractivity contribution in [3.05, 3.63) is 46.7 Å². The van der Waals surface area contributed by atoms with E-state index in [1.165, 1.54) is 6.07 Å². The van der Waals surface area contributed by atoms with E-state index in [0.29, 0.717) is 17.7 Å². The molecule has 3 aliphatic rings. The molecule has 2 aromatic heterocycles. The van der Waals surface area contributed by atoms with Crippen LogP contribution in [0.25, 0.3) is 11.3 Å². The third-order valence-corrected chi connectivity index (χ3v) is 4.44. The molecule has 0 aromatic carbocycles. The smallest absolute Gasteiger partial charge is 0.356 e. The summed E-state index contributed by atoms with van der Waals surface area (Å²) in [5.74, 6) is -0.922.